The lowest BCUT2D eigenvalue weighted by Crippen LogP contribution is -2.11. The number of fused-ring (bicyclic) bond motifs is 1. The van der Waals surface area contributed by atoms with Crippen LogP contribution < -0.4 is 11.5 Å². The summed E-state index contributed by atoms with van der Waals surface area (Å²) in [7, 11) is 1.69. The number of benzene rings is 2. The first-order valence-electron chi connectivity index (χ1n) is 6.48. The lowest BCUT2D eigenvalue weighted by Gasteiger charge is -2.12. The third-order valence-electron chi connectivity index (χ3n) is 3.61. The van der Waals surface area contributed by atoms with E-state index in [-0.39, 0.29) is 11.8 Å². The Bertz CT molecular complexity index is 813. The van der Waals surface area contributed by atoms with Crippen LogP contribution >= 0.6 is 0 Å². The number of aromatic nitrogens is 1. The smallest absolute Gasteiger partial charge is 0.408 e. The van der Waals surface area contributed by atoms with Crippen LogP contribution in [-0.4, -0.2) is 4.57 Å². The zero-order valence-corrected chi connectivity index (χ0v) is 11.5. The quantitative estimate of drug-likeness (QED) is 0.776. The number of oxazole rings is 1. The van der Waals surface area contributed by atoms with E-state index >= 15 is 0 Å². The third-order valence-corrected chi connectivity index (χ3v) is 3.61. The molecule has 0 aliphatic carbocycles. The Labute approximate surface area is 116 Å². The molecule has 0 spiro atoms. The molecule has 0 aliphatic rings. The van der Waals surface area contributed by atoms with Crippen molar-refractivity contribution in [2.45, 2.75) is 13.0 Å². The Kier molecular flexibility index (Phi) is 2.95. The molecule has 0 amide bonds. The molecule has 1 aromatic heterocycles. The van der Waals surface area contributed by atoms with Crippen LogP contribution in [0.5, 0.6) is 0 Å². The molecule has 0 aliphatic heterocycles. The SMILES string of the molecule is Cc1ccc(C(N)c2ccc3c(c2)oc(=O)n3C)cc1. The predicted octanol–water partition coefficient (Wildman–Crippen LogP) is 2.49. The van der Waals surface area contributed by atoms with Crippen LogP contribution in [0.15, 0.2) is 51.7 Å². The summed E-state index contributed by atoms with van der Waals surface area (Å²) < 4.78 is 6.68. The van der Waals surface area contributed by atoms with Gasteiger partial charge < -0.3 is 10.2 Å². The summed E-state index contributed by atoms with van der Waals surface area (Å²) in [6.07, 6.45) is 0. The van der Waals surface area contributed by atoms with Crippen molar-refractivity contribution in [3.63, 3.8) is 0 Å². The van der Waals surface area contributed by atoms with Gasteiger partial charge >= 0.3 is 5.76 Å². The summed E-state index contributed by atoms with van der Waals surface area (Å²) in [6.45, 7) is 2.04. The second-order valence-electron chi connectivity index (χ2n) is 5.04. The van der Waals surface area contributed by atoms with Crippen molar-refractivity contribution in [2.24, 2.45) is 12.8 Å². The molecule has 102 valence electrons. The van der Waals surface area contributed by atoms with Crippen molar-refractivity contribution in [2.75, 3.05) is 0 Å². The monoisotopic (exact) mass is 268 g/mol. The van der Waals surface area contributed by atoms with Crippen LogP contribution in [0.2, 0.25) is 0 Å². The fourth-order valence-electron chi connectivity index (χ4n) is 2.31. The lowest BCUT2D eigenvalue weighted by molar-refractivity contribution is 0.527. The normalized spacial score (nSPS) is 12.8. The summed E-state index contributed by atoms with van der Waals surface area (Å²) in [5.74, 6) is -0.360. The Hall–Kier alpha value is -2.33. The molecule has 4 heteroatoms. The number of hydrogen-bond acceptors (Lipinski definition) is 3. The van der Waals surface area contributed by atoms with Crippen molar-refractivity contribution in [1.82, 2.24) is 4.57 Å². The zero-order chi connectivity index (χ0) is 14.3. The molecule has 1 atom stereocenters. The summed E-state index contributed by atoms with van der Waals surface area (Å²) in [5, 5.41) is 0. The molecule has 0 radical (unpaired) electrons. The highest BCUT2D eigenvalue weighted by molar-refractivity contribution is 5.74. The molecule has 0 fully saturated rings. The fraction of sp³-hybridized carbons (Fsp3) is 0.188. The van der Waals surface area contributed by atoms with Gasteiger partial charge in [-0.2, -0.15) is 0 Å². The molecule has 2 N–H and O–H groups in total. The highest BCUT2D eigenvalue weighted by Gasteiger charge is 2.12. The predicted molar refractivity (Wildman–Crippen MR) is 78.7 cm³/mol. The van der Waals surface area contributed by atoms with Crippen LogP contribution in [0.25, 0.3) is 11.1 Å². The van der Waals surface area contributed by atoms with E-state index in [1.165, 1.54) is 10.1 Å². The minimum Gasteiger partial charge on any atom is -0.408 e. The summed E-state index contributed by atoms with van der Waals surface area (Å²) >= 11 is 0. The van der Waals surface area contributed by atoms with Crippen LogP contribution in [0.4, 0.5) is 0 Å². The number of aryl methyl sites for hydroxylation is 2. The van der Waals surface area contributed by atoms with Gasteiger partial charge in [0.2, 0.25) is 0 Å². The van der Waals surface area contributed by atoms with Gasteiger partial charge in [0.15, 0.2) is 5.58 Å². The standard InChI is InChI=1S/C16H16N2O2/c1-10-3-5-11(6-4-10)15(17)12-7-8-13-14(9-12)20-16(19)18(13)2/h3-9,15H,17H2,1-2H3. The van der Waals surface area contributed by atoms with Crippen LogP contribution in [0, 0.1) is 6.92 Å². The van der Waals surface area contributed by atoms with Gasteiger partial charge in [0.25, 0.3) is 0 Å². The first-order valence-corrected chi connectivity index (χ1v) is 6.48. The Morgan fingerprint density at radius 2 is 1.75 bits per heavy atom. The van der Waals surface area contributed by atoms with E-state index < -0.39 is 0 Å². The molecule has 3 rings (SSSR count). The topological polar surface area (TPSA) is 61.2 Å². The molecular weight excluding hydrogens is 252 g/mol. The van der Waals surface area contributed by atoms with Crippen molar-refractivity contribution >= 4 is 11.1 Å². The Morgan fingerprint density at radius 1 is 1.10 bits per heavy atom. The number of rotatable bonds is 2. The van der Waals surface area contributed by atoms with Crippen LogP contribution in [-0.2, 0) is 7.05 Å². The highest BCUT2D eigenvalue weighted by atomic mass is 16.4. The van der Waals surface area contributed by atoms with Crippen molar-refractivity contribution in [3.05, 3.63) is 69.7 Å². The Balaban J connectivity index is 2.05. The molecule has 1 heterocycles. The van der Waals surface area contributed by atoms with Crippen molar-refractivity contribution in [1.29, 1.82) is 0 Å². The largest absolute Gasteiger partial charge is 0.419 e. The molecule has 0 bridgehead atoms. The third kappa shape index (κ3) is 2.04. The molecule has 4 nitrogen and oxygen atoms in total. The fourth-order valence-corrected chi connectivity index (χ4v) is 2.31. The first-order chi connectivity index (χ1) is 9.56. The van der Waals surface area contributed by atoms with Gasteiger partial charge in [0, 0.05) is 7.05 Å². The van der Waals surface area contributed by atoms with Crippen molar-refractivity contribution in [3.8, 4) is 0 Å². The average Bonchev–Trinajstić information content (AvgIpc) is 2.74. The molecule has 20 heavy (non-hydrogen) atoms. The van der Waals surface area contributed by atoms with E-state index in [2.05, 4.69) is 0 Å². The minimum absolute atomic E-state index is 0.231. The van der Waals surface area contributed by atoms with Gasteiger partial charge in [-0.25, -0.2) is 4.79 Å². The highest BCUT2D eigenvalue weighted by Crippen LogP contribution is 2.23. The molecular formula is C16H16N2O2. The van der Waals surface area contributed by atoms with E-state index in [1.807, 2.05) is 49.4 Å². The second kappa shape index (κ2) is 4.65. The summed E-state index contributed by atoms with van der Waals surface area (Å²) in [6, 6.07) is 13.5. The van der Waals surface area contributed by atoms with Gasteiger partial charge in [-0.05, 0) is 30.2 Å². The average molecular weight is 268 g/mol. The maximum atomic E-state index is 11.5. The Morgan fingerprint density at radius 3 is 2.45 bits per heavy atom. The van der Waals surface area contributed by atoms with Crippen molar-refractivity contribution < 1.29 is 4.42 Å². The van der Waals surface area contributed by atoms with Gasteiger partial charge in [-0.3, -0.25) is 4.57 Å². The van der Waals surface area contributed by atoms with Gasteiger partial charge in [0.05, 0.1) is 11.6 Å². The van der Waals surface area contributed by atoms with E-state index in [0.717, 1.165) is 16.6 Å². The summed E-state index contributed by atoms with van der Waals surface area (Å²) in [4.78, 5) is 11.5. The minimum atomic E-state index is -0.360. The van der Waals surface area contributed by atoms with E-state index in [9.17, 15) is 4.79 Å². The zero-order valence-electron chi connectivity index (χ0n) is 11.5. The maximum Gasteiger partial charge on any atom is 0.419 e. The van der Waals surface area contributed by atoms with Gasteiger partial charge in [-0.1, -0.05) is 35.9 Å². The molecule has 0 saturated carbocycles. The van der Waals surface area contributed by atoms with Gasteiger partial charge in [-0.15, -0.1) is 0 Å². The van der Waals surface area contributed by atoms with Crippen LogP contribution in [0.3, 0.4) is 0 Å². The van der Waals surface area contributed by atoms with Crippen LogP contribution in [0.1, 0.15) is 22.7 Å². The second-order valence-corrected chi connectivity index (χ2v) is 5.04. The van der Waals surface area contributed by atoms with E-state index in [0.29, 0.717) is 5.58 Å². The molecule has 3 aromatic rings. The number of hydrogen-bond donors (Lipinski definition) is 1. The molecule has 1 unspecified atom stereocenters. The number of nitrogens with zero attached hydrogens (tertiary/aromatic N) is 1. The first kappa shape index (κ1) is 12.7. The number of nitrogens with two attached hydrogens (primary N) is 1. The summed E-state index contributed by atoms with van der Waals surface area (Å²) in [5.41, 5.74) is 10.8. The van der Waals surface area contributed by atoms with E-state index in [4.69, 9.17) is 10.2 Å². The molecule has 2 aromatic carbocycles. The van der Waals surface area contributed by atoms with E-state index in [1.54, 1.807) is 7.05 Å². The van der Waals surface area contributed by atoms with Gasteiger partial charge in [0.1, 0.15) is 0 Å². The maximum absolute atomic E-state index is 11.5. The lowest BCUT2D eigenvalue weighted by atomic mass is 9.98. The molecule has 0 saturated heterocycles.